The van der Waals surface area contributed by atoms with Crippen LogP contribution in [-0.4, -0.2) is 34.2 Å². The van der Waals surface area contributed by atoms with E-state index in [1.807, 2.05) is 13.0 Å². The summed E-state index contributed by atoms with van der Waals surface area (Å²) < 4.78 is 5.77. The van der Waals surface area contributed by atoms with Gasteiger partial charge in [0, 0.05) is 12.5 Å². The van der Waals surface area contributed by atoms with E-state index in [4.69, 9.17) is 4.74 Å². The lowest BCUT2D eigenvalue weighted by Gasteiger charge is -2.47. The Labute approximate surface area is 137 Å². The Balaban J connectivity index is 1.73. The van der Waals surface area contributed by atoms with Crippen LogP contribution in [0.5, 0.6) is 5.75 Å². The molecule has 0 aromatic carbocycles. The molecule has 1 amide bonds. The molecule has 1 saturated carbocycles. The highest BCUT2D eigenvalue weighted by molar-refractivity contribution is 5.96. The van der Waals surface area contributed by atoms with E-state index in [1.54, 1.807) is 11.1 Å². The van der Waals surface area contributed by atoms with Crippen LogP contribution >= 0.6 is 0 Å². The molecule has 0 saturated heterocycles. The average molecular weight is 318 g/mol. The number of rotatable bonds is 5. The van der Waals surface area contributed by atoms with Crippen molar-refractivity contribution in [3.05, 3.63) is 17.8 Å². The van der Waals surface area contributed by atoms with Gasteiger partial charge in [0.2, 0.25) is 5.91 Å². The highest BCUT2D eigenvalue weighted by atomic mass is 16.5. The van der Waals surface area contributed by atoms with Crippen molar-refractivity contribution in [1.82, 2.24) is 4.98 Å². The molecule has 0 bridgehead atoms. The number of pyridine rings is 1. The molecular weight excluding hydrogens is 292 g/mol. The minimum Gasteiger partial charge on any atom is -0.492 e. The van der Waals surface area contributed by atoms with Crippen molar-refractivity contribution in [3.8, 4) is 5.75 Å². The molecular formula is C18H26N2O3. The highest BCUT2D eigenvalue weighted by Gasteiger charge is 2.45. The van der Waals surface area contributed by atoms with Gasteiger partial charge in [-0.15, -0.1) is 0 Å². The average Bonchev–Trinajstić information content (AvgIpc) is 2.44. The summed E-state index contributed by atoms with van der Waals surface area (Å²) in [5, 5.41) is 9.96. The molecule has 1 N–H and O–H groups in total. The molecule has 1 fully saturated rings. The maximum atomic E-state index is 12.3. The zero-order chi connectivity index (χ0) is 16.6. The van der Waals surface area contributed by atoms with Gasteiger partial charge in [-0.05, 0) is 50.2 Å². The molecule has 126 valence electrons. The van der Waals surface area contributed by atoms with E-state index >= 15 is 0 Å². The van der Waals surface area contributed by atoms with Gasteiger partial charge in [-0.2, -0.15) is 0 Å². The van der Waals surface area contributed by atoms with Gasteiger partial charge in [0.1, 0.15) is 11.6 Å². The molecule has 2 aliphatic rings. The third-order valence-electron chi connectivity index (χ3n) is 4.70. The van der Waals surface area contributed by atoms with Gasteiger partial charge in [0.15, 0.2) is 0 Å². The molecule has 0 spiro atoms. The molecule has 0 radical (unpaired) electrons. The van der Waals surface area contributed by atoms with E-state index in [2.05, 4.69) is 18.8 Å². The molecule has 2 heterocycles. The second kappa shape index (κ2) is 6.11. The van der Waals surface area contributed by atoms with Gasteiger partial charge < -0.3 is 9.84 Å². The fourth-order valence-electron chi connectivity index (χ4n) is 3.37. The van der Waals surface area contributed by atoms with Crippen LogP contribution in [0.1, 0.15) is 52.0 Å². The predicted molar refractivity (Wildman–Crippen MR) is 88.6 cm³/mol. The van der Waals surface area contributed by atoms with E-state index in [9.17, 15) is 9.90 Å². The van der Waals surface area contributed by atoms with Crippen LogP contribution in [0.4, 0.5) is 5.82 Å². The summed E-state index contributed by atoms with van der Waals surface area (Å²) in [4.78, 5) is 18.6. The summed E-state index contributed by atoms with van der Waals surface area (Å²) in [6.07, 6.45) is 5.17. The third-order valence-corrected chi connectivity index (χ3v) is 4.70. The number of aromatic nitrogens is 1. The summed E-state index contributed by atoms with van der Waals surface area (Å²) in [5.41, 5.74) is 0.417. The molecule has 1 aromatic heterocycles. The second-order valence-electron chi connectivity index (χ2n) is 7.51. The quantitative estimate of drug-likeness (QED) is 0.906. The Bertz CT molecular complexity index is 590. The molecule has 1 aromatic rings. The van der Waals surface area contributed by atoms with Gasteiger partial charge in [-0.25, -0.2) is 4.98 Å². The van der Waals surface area contributed by atoms with Crippen molar-refractivity contribution in [2.24, 2.45) is 5.92 Å². The number of hydrogen-bond acceptors (Lipinski definition) is 4. The van der Waals surface area contributed by atoms with Crippen molar-refractivity contribution in [1.29, 1.82) is 0 Å². The molecule has 0 unspecified atom stereocenters. The van der Waals surface area contributed by atoms with Crippen LogP contribution in [-0.2, 0) is 11.2 Å². The van der Waals surface area contributed by atoms with Gasteiger partial charge in [-0.1, -0.05) is 13.8 Å². The smallest absolute Gasteiger partial charge is 0.228 e. The van der Waals surface area contributed by atoms with Crippen molar-refractivity contribution in [2.75, 3.05) is 11.5 Å². The number of aryl methyl sites for hydroxylation is 1. The van der Waals surface area contributed by atoms with E-state index in [-0.39, 0.29) is 11.9 Å². The van der Waals surface area contributed by atoms with E-state index in [0.29, 0.717) is 38.2 Å². The van der Waals surface area contributed by atoms with Crippen molar-refractivity contribution in [3.63, 3.8) is 0 Å². The number of carbonyl (C=O) groups excluding carboxylic acids is 1. The minimum absolute atomic E-state index is 0.0664. The fourth-order valence-corrected chi connectivity index (χ4v) is 3.37. The van der Waals surface area contributed by atoms with Crippen LogP contribution in [0.3, 0.4) is 0 Å². The SMILES string of the molecule is CC(C)CCOc1cnc2c(c1)CCC(=O)N2[C@H]1C[C@@](C)(O)C1. The first-order chi connectivity index (χ1) is 10.9. The normalized spacial score (nSPS) is 26.9. The lowest BCUT2D eigenvalue weighted by atomic mass is 9.75. The zero-order valence-electron chi connectivity index (χ0n) is 14.2. The zero-order valence-corrected chi connectivity index (χ0v) is 14.2. The maximum absolute atomic E-state index is 12.3. The number of hydrogen-bond donors (Lipinski definition) is 1. The topological polar surface area (TPSA) is 62.7 Å². The first kappa shape index (κ1) is 16.2. The number of anilines is 1. The second-order valence-corrected chi connectivity index (χ2v) is 7.51. The molecule has 5 nitrogen and oxygen atoms in total. The summed E-state index contributed by atoms with van der Waals surface area (Å²) in [6, 6.07) is 2.08. The molecule has 3 rings (SSSR count). The van der Waals surface area contributed by atoms with Crippen molar-refractivity contribution < 1.29 is 14.6 Å². The predicted octanol–water partition coefficient (Wildman–Crippen LogP) is 2.70. The first-order valence-corrected chi connectivity index (χ1v) is 8.52. The van der Waals surface area contributed by atoms with Crippen molar-refractivity contribution >= 4 is 11.7 Å². The number of aliphatic hydroxyl groups is 1. The van der Waals surface area contributed by atoms with Gasteiger partial charge in [0.25, 0.3) is 0 Å². The molecule has 1 aliphatic heterocycles. The lowest BCUT2D eigenvalue weighted by Crippen LogP contribution is -2.57. The maximum Gasteiger partial charge on any atom is 0.228 e. The number of amides is 1. The van der Waals surface area contributed by atoms with Crippen LogP contribution in [0, 0.1) is 5.92 Å². The molecule has 23 heavy (non-hydrogen) atoms. The largest absolute Gasteiger partial charge is 0.492 e. The fraction of sp³-hybridized carbons (Fsp3) is 0.667. The van der Waals surface area contributed by atoms with E-state index in [0.717, 1.165) is 23.6 Å². The Morgan fingerprint density at radius 2 is 2.17 bits per heavy atom. The summed E-state index contributed by atoms with van der Waals surface area (Å²) in [6.45, 7) is 6.85. The van der Waals surface area contributed by atoms with Crippen LogP contribution in [0.15, 0.2) is 12.3 Å². The molecule has 0 atom stereocenters. The van der Waals surface area contributed by atoms with E-state index < -0.39 is 5.60 Å². The van der Waals surface area contributed by atoms with Gasteiger partial charge in [-0.3, -0.25) is 9.69 Å². The third kappa shape index (κ3) is 3.50. The Morgan fingerprint density at radius 1 is 1.43 bits per heavy atom. The minimum atomic E-state index is -0.650. The number of nitrogens with zero attached hydrogens (tertiary/aromatic N) is 2. The van der Waals surface area contributed by atoms with Gasteiger partial charge >= 0.3 is 0 Å². The van der Waals surface area contributed by atoms with Crippen molar-refractivity contribution in [2.45, 2.75) is 64.5 Å². The first-order valence-electron chi connectivity index (χ1n) is 8.52. The van der Waals surface area contributed by atoms with Crippen LogP contribution in [0.2, 0.25) is 0 Å². The number of carbonyl (C=O) groups is 1. The van der Waals surface area contributed by atoms with Gasteiger partial charge in [0.05, 0.1) is 18.4 Å². The highest BCUT2D eigenvalue weighted by Crippen LogP contribution is 2.40. The number of ether oxygens (including phenoxy) is 1. The standard InChI is InChI=1S/C18H26N2O3/c1-12(2)6-7-23-15-8-13-4-5-16(21)20(17(13)19-11-15)14-9-18(3,22)10-14/h8,11-12,14,22H,4-7,9-10H2,1-3H3/t14-,18+. The Morgan fingerprint density at radius 3 is 2.83 bits per heavy atom. The monoisotopic (exact) mass is 318 g/mol. The number of fused-ring (bicyclic) bond motifs is 1. The van der Waals surface area contributed by atoms with Crippen LogP contribution in [0.25, 0.3) is 0 Å². The summed E-state index contributed by atoms with van der Waals surface area (Å²) in [7, 11) is 0. The molecule has 1 aliphatic carbocycles. The Hall–Kier alpha value is -1.62. The Kier molecular flexibility index (Phi) is 4.32. The van der Waals surface area contributed by atoms with Crippen LogP contribution < -0.4 is 9.64 Å². The summed E-state index contributed by atoms with van der Waals surface area (Å²) >= 11 is 0. The lowest BCUT2D eigenvalue weighted by molar-refractivity contribution is -0.121. The molecule has 5 heteroatoms. The summed E-state index contributed by atoms with van der Waals surface area (Å²) in [5.74, 6) is 2.25. The van der Waals surface area contributed by atoms with E-state index in [1.165, 1.54) is 0 Å².